The van der Waals surface area contributed by atoms with Crippen LogP contribution in [0.3, 0.4) is 0 Å². The van der Waals surface area contributed by atoms with Gasteiger partial charge >= 0.3 is 0 Å². The lowest BCUT2D eigenvalue weighted by Crippen LogP contribution is -1.81. The molecule has 1 aliphatic carbocycles. The zero-order chi connectivity index (χ0) is 9.97. The minimum atomic E-state index is 0.762. The second-order valence-corrected chi connectivity index (χ2v) is 4.09. The van der Waals surface area contributed by atoms with Gasteiger partial charge < -0.3 is 0 Å². The first-order valence-corrected chi connectivity index (χ1v) is 5.57. The van der Waals surface area contributed by atoms with Crippen LogP contribution in [0.15, 0.2) is 23.8 Å². The fourth-order valence-electron chi connectivity index (χ4n) is 1.25. The standard InChI is InChI=1S/C12H8BrCl/c13-6-5-10-3-4-12(14)8-11(10)7-9-1-2-9/h3-4,7-8H,1-2H2. The molecule has 1 aromatic rings. The molecule has 0 heterocycles. The predicted molar refractivity (Wildman–Crippen MR) is 64.5 cm³/mol. The highest BCUT2D eigenvalue weighted by molar-refractivity contribution is 9.12. The van der Waals surface area contributed by atoms with Crippen molar-refractivity contribution in [3.05, 3.63) is 39.9 Å². The highest BCUT2D eigenvalue weighted by Crippen LogP contribution is 2.31. The van der Waals surface area contributed by atoms with Crippen molar-refractivity contribution in [2.24, 2.45) is 0 Å². The first-order chi connectivity index (χ1) is 6.79. The van der Waals surface area contributed by atoms with Gasteiger partial charge in [-0.15, -0.1) is 0 Å². The van der Waals surface area contributed by atoms with Crippen molar-refractivity contribution in [1.29, 1.82) is 0 Å². The summed E-state index contributed by atoms with van der Waals surface area (Å²) in [7, 11) is 0. The van der Waals surface area contributed by atoms with Gasteiger partial charge in [-0.2, -0.15) is 0 Å². The van der Waals surface area contributed by atoms with E-state index in [1.807, 2.05) is 18.2 Å². The number of allylic oxidation sites excluding steroid dienone is 1. The summed E-state index contributed by atoms with van der Waals surface area (Å²) in [5.41, 5.74) is 3.62. The molecule has 0 aromatic heterocycles. The van der Waals surface area contributed by atoms with Gasteiger partial charge in [0.2, 0.25) is 0 Å². The van der Waals surface area contributed by atoms with Crippen LogP contribution in [0.1, 0.15) is 24.0 Å². The molecule has 0 amide bonds. The smallest absolute Gasteiger partial charge is 0.0412 e. The van der Waals surface area contributed by atoms with E-state index in [1.54, 1.807) is 0 Å². The normalized spacial score (nSPS) is 13.1. The van der Waals surface area contributed by atoms with Crippen LogP contribution in [0.2, 0.25) is 5.02 Å². The first-order valence-electron chi connectivity index (χ1n) is 4.40. The van der Waals surface area contributed by atoms with Crippen LogP contribution in [0.5, 0.6) is 0 Å². The van der Waals surface area contributed by atoms with E-state index in [1.165, 1.54) is 18.4 Å². The van der Waals surface area contributed by atoms with E-state index in [0.29, 0.717) is 0 Å². The molecule has 0 radical (unpaired) electrons. The van der Waals surface area contributed by atoms with Crippen LogP contribution in [0, 0.1) is 10.8 Å². The van der Waals surface area contributed by atoms with Crippen LogP contribution in [0.4, 0.5) is 0 Å². The maximum absolute atomic E-state index is 5.93. The Kier molecular flexibility index (Phi) is 2.96. The number of halogens is 2. The summed E-state index contributed by atoms with van der Waals surface area (Å²) in [4.78, 5) is 2.73. The lowest BCUT2D eigenvalue weighted by molar-refractivity contribution is 1.50. The van der Waals surface area contributed by atoms with Gasteiger partial charge in [0, 0.05) is 26.5 Å². The Hall–Kier alpha value is -0.710. The SMILES string of the molecule is Clc1ccc(C#CBr)c(C=C2CC2)c1. The van der Waals surface area contributed by atoms with E-state index in [-0.39, 0.29) is 0 Å². The summed E-state index contributed by atoms with van der Waals surface area (Å²) >= 11 is 9.04. The molecule has 0 unspecified atom stereocenters. The van der Waals surface area contributed by atoms with Crippen molar-refractivity contribution in [3.8, 4) is 10.8 Å². The van der Waals surface area contributed by atoms with Gasteiger partial charge in [-0.25, -0.2) is 0 Å². The molecule has 0 aliphatic heterocycles. The molecule has 1 aliphatic rings. The van der Waals surface area contributed by atoms with Crippen molar-refractivity contribution in [2.45, 2.75) is 12.8 Å². The molecule has 0 spiro atoms. The van der Waals surface area contributed by atoms with Crippen molar-refractivity contribution < 1.29 is 0 Å². The molecule has 0 saturated heterocycles. The Labute approximate surface area is 97.1 Å². The largest absolute Gasteiger partial charge is 0.0843 e. The Morgan fingerprint density at radius 1 is 1.36 bits per heavy atom. The quantitative estimate of drug-likeness (QED) is 0.668. The maximum Gasteiger partial charge on any atom is 0.0412 e. The number of benzene rings is 1. The molecule has 0 bridgehead atoms. The highest BCUT2D eigenvalue weighted by Gasteiger charge is 2.11. The van der Waals surface area contributed by atoms with Gasteiger partial charge in [-0.1, -0.05) is 29.2 Å². The third-order valence-electron chi connectivity index (χ3n) is 2.09. The van der Waals surface area contributed by atoms with E-state index in [2.05, 4.69) is 32.8 Å². The monoisotopic (exact) mass is 266 g/mol. The fraction of sp³-hybridized carbons (Fsp3) is 0.167. The number of rotatable bonds is 1. The lowest BCUT2D eigenvalue weighted by atomic mass is 10.1. The van der Waals surface area contributed by atoms with Gasteiger partial charge in [0.15, 0.2) is 0 Å². The van der Waals surface area contributed by atoms with Crippen LogP contribution in [-0.2, 0) is 0 Å². The van der Waals surface area contributed by atoms with Gasteiger partial charge in [-0.3, -0.25) is 0 Å². The van der Waals surface area contributed by atoms with Crippen LogP contribution < -0.4 is 0 Å². The Balaban J connectivity index is 2.45. The topological polar surface area (TPSA) is 0 Å². The summed E-state index contributed by atoms with van der Waals surface area (Å²) < 4.78 is 0. The molecule has 0 atom stereocenters. The van der Waals surface area contributed by atoms with E-state index < -0.39 is 0 Å². The molecule has 2 rings (SSSR count). The summed E-state index contributed by atoms with van der Waals surface area (Å²) in [6.07, 6.45) is 4.61. The van der Waals surface area contributed by atoms with Crippen molar-refractivity contribution in [3.63, 3.8) is 0 Å². The minimum absolute atomic E-state index is 0.762. The molecule has 1 aromatic carbocycles. The van der Waals surface area contributed by atoms with Gasteiger partial charge in [0.05, 0.1) is 0 Å². The number of hydrogen-bond donors (Lipinski definition) is 0. The van der Waals surface area contributed by atoms with E-state index in [4.69, 9.17) is 11.6 Å². The summed E-state index contributed by atoms with van der Waals surface area (Å²) in [6.45, 7) is 0. The molecule has 2 heteroatoms. The second kappa shape index (κ2) is 4.21. The van der Waals surface area contributed by atoms with E-state index in [9.17, 15) is 0 Å². The van der Waals surface area contributed by atoms with Crippen molar-refractivity contribution >= 4 is 33.6 Å². The highest BCUT2D eigenvalue weighted by atomic mass is 79.9. The van der Waals surface area contributed by atoms with Crippen LogP contribution in [-0.4, -0.2) is 0 Å². The molecule has 14 heavy (non-hydrogen) atoms. The molecular weight excluding hydrogens is 259 g/mol. The summed E-state index contributed by atoms with van der Waals surface area (Å²) in [5.74, 6) is 3.00. The Morgan fingerprint density at radius 3 is 2.79 bits per heavy atom. The average Bonchev–Trinajstić information content (AvgIpc) is 2.94. The molecule has 1 saturated carbocycles. The first kappa shape index (κ1) is 9.83. The molecular formula is C12H8BrCl. The van der Waals surface area contributed by atoms with E-state index >= 15 is 0 Å². The Morgan fingerprint density at radius 2 is 2.14 bits per heavy atom. The third-order valence-corrected chi connectivity index (χ3v) is 2.53. The lowest BCUT2D eigenvalue weighted by Gasteiger charge is -1.99. The summed E-state index contributed by atoms with van der Waals surface area (Å²) in [6, 6.07) is 5.77. The van der Waals surface area contributed by atoms with Gasteiger partial charge in [-0.05, 0) is 41.4 Å². The maximum atomic E-state index is 5.93. The Bertz CT molecular complexity index is 443. The molecule has 0 nitrogen and oxygen atoms in total. The molecule has 70 valence electrons. The summed E-state index contributed by atoms with van der Waals surface area (Å²) in [5, 5.41) is 0.762. The van der Waals surface area contributed by atoms with Gasteiger partial charge in [0.25, 0.3) is 0 Å². The van der Waals surface area contributed by atoms with Crippen LogP contribution >= 0.6 is 27.5 Å². The van der Waals surface area contributed by atoms with Crippen LogP contribution in [0.25, 0.3) is 6.08 Å². The van der Waals surface area contributed by atoms with E-state index in [0.717, 1.165) is 16.1 Å². The average molecular weight is 268 g/mol. The number of hydrogen-bond acceptors (Lipinski definition) is 0. The van der Waals surface area contributed by atoms with Crippen molar-refractivity contribution in [2.75, 3.05) is 0 Å². The third kappa shape index (κ3) is 2.41. The molecule has 0 N–H and O–H groups in total. The zero-order valence-electron chi connectivity index (χ0n) is 7.48. The predicted octanol–water partition coefficient (Wildman–Crippen LogP) is 4.22. The fourth-order valence-corrected chi connectivity index (χ4v) is 1.65. The van der Waals surface area contributed by atoms with Crippen molar-refractivity contribution in [1.82, 2.24) is 0 Å². The molecule has 1 fully saturated rings. The van der Waals surface area contributed by atoms with Gasteiger partial charge in [0.1, 0.15) is 0 Å². The second-order valence-electron chi connectivity index (χ2n) is 3.25. The minimum Gasteiger partial charge on any atom is -0.0843 e. The zero-order valence-corrected chi connectivity index (χ0v) is 9.82.